The van der Waals surface area contributed by atoms with Crippen LogP contribution in [0.3, 0.4) is 0 Å². The third kappa shape index (κ3) is 2.35. The van der Waals surface area contributed by atoms with Crippen LogP contribution in [-0.4, -0.2) is 9.97 Å². The highest BCUT2D eigenvalue weighted by molar-refractivity contribution is 5.30. The van der Waals surface area contributed by atoms with Crippen LogP contribution in [0, 0.1) is 0 Å². The zero-order valence-corrected chi connectivity index (χ0v) is 11.0. The van der Waals surface area contributed by atoms with E-state index >= 15 is 0 Å². The molecular formula is C15H18N2O. The lowest BCUT2D eigenvalue weighted by Gasteiger charge is -2.24. The molecule has 0 aliphatic heterocycles. The van der Waals surface area contributed by atoms with E-state index in [1.807, 2.05) is 25.1 Å². The van der Waals surface area contributed by atoms with Gasteiger partial charge in [-0.25, -0.2) is 4.98 Å². The summed E-state index contributed by atoms with van der Waals surface area (Å²) < 4.78 is 0. The van der Waals surface area contributed by atoms with Crippen LogP contribution in [0.15, 0.2) is 41.2 Å². The molecular weight excluding hydrogens is 224 g/mol. The maximum Gasteiger partial charge on any atom is 0.251 e. The summed E-state index contributed by atoms with van der Waals surface area (Å²) in [6.07, 6.45) is 0.766. The van der Waals surface area contributed by atoms with Gasteiger partial charge < -0.3 is 4.98 Å². The zero-order chi connectivity index (χ0) is 13.2. The Morgan fingerprint density at radius 3 is 2.50 bits per heavy atom. The molecule has 1 aromatic heterocycles. The molecule has 0 radical (unpaired) electrons. The standard InChI is InChI=1S/C15H18N2O/c1-4-12-10-13(18)17-14(16-12)15(2,3)11-8-6-5-7-9-11/h5-10H,4H2,1-3H3,(H,16,17,18). The first-order valence-corrected chi connectivity index (χ1v) is 6.20. The van der Waals surface area contributed by atoms with E-state index < -0.39 is 0 Å². The predicted octanol–water partition coefficient (Wildman–Crippen LogP) is 2.66. The topological polar surface area (TPSA) is 45.8 Å². The number of hydrogen-bond acceptors (Lipinski definition) is 2. The van der Waals surface area contributed by atoms with E-state index in [2.05, 4.69) is 35.9 Å². The number of aromatic nitrogens is 2. The van der Waals surface area contributed by atoms with Gasteiger partial charge in [0.1, 0.15) is 5.82 Å². The van der Waals surface area contributed by atoms with Gasteiger partial charge in [0, 0.05) is 17.2 Å². The summed E-state index contributed by atoms with van der Waals surface area (Å²) in [6.45, 7) is 6.14. The minimum atomic E-state index is -0.300. The van der Waals surface area contributed by atoms with Gasteiger partial charge in [-0.15, -0.1) is 0 Å². The SMILES string of the molecule is CCc1cc(=O)[nH]c(C(C)(C)c2ccccc2)n1. The van der Waals surface area contributed by atoms with Crippen molar-refractivity contribution in [2.75, 3.05) is 0 Å². The highest BCUT2D eigenvalue weighted by atomic mass is 16.1. The van der Waals surface area contributed by atoms with Gasteiger partial charge in [0.25, 0.3) is 5.56 Å². The van der Waals surface area contributed by atoms with Crippen molar-refractivity contribution in [2.45, 2.75) is 32.6 Å². The maximum absolute atomic E-state index is 11.7. The van der Waals surface area contributed by atoms with Crippen molar-refractivity contribution in [2.24, 2.45) is 0 Å². The first-order valence-electron chi connectivity index (χ1n) is 6.20. The first kappa shape index (κ1) is 12.6. The molecule has 3 heteroatoms. The van der Waals surface area contributed by atoms with E-state index in [0.717, 1.165) is 23.5 Å². The number of aromatic amines is 1. The Labute approximate surface area is 107 Å². The van der Waals surface area contributed by atoms with E-state index in [0.29, 0.717) is 0 Å². The number of rotatable bonds is 3. The quantitative estimate of drug-likeness (QED) is 0.899. The molecule has 2 rings (SSSR count). The van der Waals surface area contributed by atoms with Crippen LogP contribution in [0.2, 0.25) is 0 Å². The monoisotopic (exact) mass is 242 g/mol. The molecule has 0 bridgehead atoms. The maximum atomic E-state index is 11.7. The second-order valence-electron chi connectivity index (χ2n) is 4.93. The fourth-order valence-corrected chi connectivity index (χ4v) is 1.98. The molecule has 0 spiro atoms. The number of nitrogens with one attached hydrogen (secondary N) is 1. The Morgan fingerprint density at radius 1 is 1.22 bits per heavy atom. The smallest absolute Gasteiger partial charge is 0.251 e. The van der Waals surface area contributed by atoms with Crippen molar-refractivity contribution in [3.05, 3.63) is 63.8 Å². The van der Waals surface area contributed by atoms with Crippen molar-refractivity contribution in [3.63, 3.8) is 0 Å². The molecule has 0 unspecified atom stereocenters. The summed E-state index contributed by atoms with van der Waals surface area (Å²) in [6, 6.07) is 11.7. The molecule has 0 atom stereocenters. The van der Waals surface area contributed by atoms with E-state index in [-0.39, 0.29) is 11.0 Å². The van der Waals surface area contributed by atoms with Gasteiger partial charge in [-0.1, -0.05) is 37.3 Å². The minimum Gasteiger partial charge on any atom is -0.310 e. The molecule has 2 aromatic rings. The fourth-order valence-electron chi connectivity index (χ4n) is 1.98. The number of hydrogen-bond donors (Lipinski definition) is 1. The van der Waals surface area contributed by atoms with Crippen molar-refractivity contribution in [1.29, 1.82) is 0 Å². The van der Waals surface area contributed by atoms with Crippen LogP contribution in [-0.2, 0) is 11.8 Å². The van der Waals surface area contributed by atoms with Crippen LogP contribution in [0.25, 0.3) is 0 Å². The van der Waals surface area contributed by atoms with Gasteiger partial charge in [-0.2, -0.15) is 0 Å². The minimum absolute atomic E-state index is 0.0825. The second kappa shape index (κ2) is 4.77. The summed E-state index contributed by atoms with van der Waals surface area (Å²) in [5.41, 5.74) is 1.59. The average Bonchev–Trinajstić information content (AvgIpc) is 2.39. The van der Waals surface area contributed by atoms with Gasteiger partial charge in [0.2, 0.25) is 0 Å². The Bertz CT molecular complexity index is 585. The fraction of sp³-hybridized carbons (Fsp3) is 0.333. The Hall–Kier alpha value is -1.90. The van der Waals surface area contributed by atoms with Crippen molar-refractivity contribution in [1.82, 2.24) is 9.97 Å². The molecule has 3 nitrogen and oxygen atoms in total. The molecule has 0 aliphatic rings. The lowest BCUT2D eigenvalue weighted by molar-refractivity contribution is 0.582. The van der Waals surface area contributed by atoms with Crippen molar-refractivity contribution in [3.8, 4) is 0 Å². The predicted molar refractivity (Wildman–Crippen MR) is 72.8 cm³/mol. The molecule has 1 aromatic carbocycles. The summed E-state index contributed by atoms with van der Waals surface area (Å²) >= 11 is 0. The molecule has 0 fully saturated rings. The number of H-pyrrole nitrogens is 1. The summed E-state index contributed by atoms with van der Waals surface area (Å²) in [4.78, 5) is 19.1. The van der Waals surface area contributed by atoms with E-state index in [4.69, 9.17) is 0 Å². The average molecular weight is 242 g/mol. The molecule has 0 aliphatic carbocycles. The Kier molecular flexibility index (Phi) is 3.32. The summed E-state index contributed by atoms with van der Waals surface area (Å²) in [5, 5.41) is 0. The van der Waals surface area contributed by atoms with E-state index in [9.17, 15) is 4.79 Å². The second-order valence-corrected chi connectivity index (χ2v) is 4.93. The molecule has 1 N–H and O–H groups in total. The third-order valence-electron chi connectivity index (χ3n) is 3.24. The van der Waals surface area contributed by atoms with Gasteiger partial charge in [0.05, 0.1) is 0 Å². The lowest BCUT2D eigenvalue weighted by atomic mass is 9.83. The van der Waals surface area contributed by atoms with Crippen LogP contribution >= 0.6 is 0 Å². The molecule has 94 valence electrons. The van der Waals surface area contributed by atoms with Crippen molar-refractivity contribution >= 4 is 0 Å². The van der Waals surface area contributed by atoms with Crippen LogP contribution < -0.4 is 5.56 Å². The molecule has 18 heavy (non-hydrogen) atoms. The lowest BCUT2D eigenvalue weighted by Crippen LogP contribution is -2.26. The van der Waals surface area contributed by atoms with Crippen molar-refractivity contribution < 1.29 is 0 Å². The zero-order valence-electron chi connectivity index (χ0n) is 11.0. The van der Waals surface area contributed by atoms with Crippen LogP contribution in [0.1, 0.15) is 37.9 Å². The van der Waals surface area contributed by atoms with E-state index in [1.165, 1.54) is 0 Å². The normalized spacial score (nSPS) is 11.5. The number of aryl methyl sites for hydroxylation is 1. The van der Waals surface area contributed by atoms with Crippen LogP contribution in [0.4, 0.5) is 0 Å². The van der Waals surface area contributed by atoms with Crippen LogP contribution in [0.5, 0.6) is 0 Å². The Morgan fingerprint density at radius 2 is 1.89 bits per heavy atom. The molecule has 0 saturated heterocycles. The van der Waals surface area contributed by atoms with Gasteiger partial charge in [-0.3, -0.25) is 4.79 Å². The largest absolute Gasteiger partial charge is 0.310 e. The first-order chi connectivity index (χ1) is 8.54. The molecule has 0 saturated carbocycles. The van der Waals surface area contributed by atoms with E-state index in [1.54, 1.807) is 6.07 Å². The number of benzene rings is 1. The Balaban J connectivity index is 2.54. The highest BCUT2D eigenvalue weighted by Gasteiger charge is 2.25. The van der Waals surface area contributed by atoms with Gasteiger partial charge in [-0.05, 0) is 25.8 Å². The molecule has 1 heterocycles. The third-order valence-corrected chi connectivity index (χ3v) is 3.24. The van der Waals surface area contributed by atoms with Gasteiger partial charge in [0.15, 0.2) is 0 Å². The van der Waals surface area contributed by atoms with Gasteiger partial charge >= 0.3 is 0 Å². The summed E-state index contributed by atoms with van der Waals surface area (Å²) in [5.74, 6) is 0.720. The summed E-state index contributed by atoms with van der Waals surface area (Å²) in [7, 11) is 0. The molecule has 0 amide bonds. The highest BCUT2D eigenvalue weighted by Crippen LogP contribution is 2.27. The number of nitrogens with zero attached hydrogens (tertiary/aromatic N) is 1.